The van der Waals surface area contributed by atoms with E-state index in [0.29, 0.717) is 11.6 Å². The number of pyridine rings is 1. The second kappa shape index (κ2) is 9.35. The van der Waals surface area contributed by atoms with Crippen LogP contribution in [-0.2, 0) is 6.42 Å². The summed E-state index contributed by atoms with van der Waals surface area (Å²) in [6, 6.07) is 20.9. The fourth-order valence-electron chi connectivity index (χ4n) is 4.83. The number of rotatable bonds is 5. The van der Waals surface area contributed by atoms with Crippen molar-refractivity contribution in [2.75, 3.05) is 0 Å². The number of nitrogens with zero attached hydrogens (tertiary/aromatic N) is 2. The Morgan fingerprint density at radius 1 is 0.969 bits per heavy atom. The number of carbonyl (C=O) groups is 1. The molecule has 5 rings (SSSR count). The van der Waals surface area contributed by atoms with Crippen molar-refractivity contribution in [3.63, 3.8) is 0 Å². The molecule has 0 bridgehead atoms. The Balaban J connectivity index is 1.26. The van der Waals surface area contributed by atoms with E-state index in [1.807, 2.05) is 36.5 Å². The van der Waals surface area contributed by atoms with Crippen LogP contribution in [0, 0.1) is 5.92 Å². The van der Waals surface area contributed by atoms with E-state index in [-0.39, 0.29) is 11.9 Å². The van der Waals surface area contributed by atoms with Gasteiger partial charge in [0.1, 0.15) is 0 Å². The zero-order valence-electron chi connectivity index (χ0n) is 18.1. The number of carbonyl (C=O) groups excluding carboxylic acids is 1. The molecular weight excluding hydrogens is 396 g/mol. The molecule has 5 nitrogen and oxygen atoms in total. The Labute approximate surface area is 188 Å². The summed E-state index contributed by atoms with van der Waals surface area (Å²) >= 11 is 0. The average molecular weight is 425 g/mol. The van der Waals surface area contributed by atoms with Crippen LogP contribution in [0.4, 0.5) is 0 Å². The van der Waals surface area contributed by atoms with E-state index >= 15 is 0 Å². The molecule has 2 heterocycles. The number of hydrogen-bond donors (Lipinski definition) is 2. The molecule has 1 aliphatic rings. The van der Waals surface area contributed by atoms with Gasteiger partial charge in [-0.15, -0.1) is 0 Å². The predicted molar refractivity (Wildman–Crippen MR) is 127 cm³/mol. The molecule has 0 spiro atoms. The highest BCUT2D eigenvalue weighted by Crippen LogP contribution is 2.28. The van der Waals surface area contributed by atoms with E-state index in [4.69, 9.17) is 0 Å². The first-order valence-electron chi connectivity index (χ1n) is 11.5. The number of nitrogens with one attached hydrogen (secondary N) is 2. The molecule has 2 atom stereocenters. The second-order valence-corrected chi connectivity index (χ2v) is 8.81. The molecule has 2 aromatic carbocycles. The summed E-state index contributed by atoms with van der Waals surface area (Å²) in [5.74, 6) is 0.596. The van der Waals surface area contributed by atoms with E-state index in [2.05, 4.69) is 50.8 Å². The monoisotopic (exact) mass is 424 g/mol. The number of aromatic amines is 1. The summed E-state index contributed by atoms with van der Waals surface area (Å²) in [6.45, 7) is 0. The molecule has 1 amide bonds. The lowest BCUT2D eigenvalue weighted by molar-refractivity contribution is 0.0929. The number of fused-ring (bicyclic) bond motifs is 1. The van der Waals surface area contributed by atoms with Crippen molar-refractivity contribution in [1.29, 1.82) is 0 Å². The minimum absolute atomic E-state index is 0.0916. The third kappa shape index (κ3) is 4.57. The van der Waals surface area contributed by atoms with Crippen molar-refractivity contribution in [2.24, 2.45) is 5.92 Å². The predicted octanol–water partition coefficient (Wildman–Crippen LogP) is 5.55. The van der Waals surface area contributed by atoms with Gasteiger partial charge >= 0.3 is 0 Å². The van der Waals surface area contributed by atoms with Gasteiger partial charge < -0.3 is 5.32 Å². The van der Waals surface area contributed by atoms with E-state index in [1.165, 1.54) is 12.0 Å². The zero-order chi connectivity index (χ0) is 21.8. The summed E-state index contributed by atoms with van der Waals surface area (Å²) in [4.78, 5) is 17.3. The topological polar surface area (TPSA) is 70.7 Å². The van der Waals surface area contributed by atoms with Crippen molar-refractivity contribution in [1.82, 2.24) is 20.5 Å². The van der Waals surface area contributed by atoms with Crippen LogP contribution in [0.1, 0.15) is 48.2 Å². The lowest BCUT2D eigenvalue weighted by Gasteiger charge is -2.16. The quantitative estimate of drug-likeness (QED) is 0.413. The van der Waals surface area contributed by atoms with Crippen molar-refractivity contribution in [3.8, 4) is 11.1 Å². The van der Waals surface area contributed by atoms with E-state index < -0.39 is 0 Å². The lowest BCUT2D eigenvalue weighted by Crippen LogP contribution is -2.34. The van der Waals surface area contributed by atoms with E-state index in [0.717, 1.165) is 54.1 Å². The standard InChI is InChI=1S/C27H28N4O/c32-27(29-23-10-4-8-20(11-13-23)16-19-6-2-1-3-7-19)26-24-17-21(12-14-25(24)30-31-26)22-9-5-15-28-18-22/h1-3,5-7,9,12,14-15,17-18,20,23H,4,8,10-11,13,16H2,(H,29,32)(H,30,31). The Morgan fingerprint density at radius 2 is 1.88 bits per heavy atom. The number of amides is 1. The molecule has 2 unspecified atom stereocenters. The summed E-state index contributed by atoms with van der Waals surface area (Å²) in [7, 11) is 0. The highest BCUT2D eigenvalue weighted by atomic mass is 16.2. The van der Waals surface area contributed by atoms with Gasteiger partial charge in [0.15, 0.2) is 5.69 Å². The Hall–Kier alpha value is -3.47. The lowest BCUT2D eigenvalue weighted by atomic mass is 9.92. The Kier molecular flexibility index (Phi) is 5.97. The second-order valence-electron chi connectivity index (χ2n) is 8.81. The molecule has 1 saturated carbocycles. The van der Waals surface area contributed by atoms with Gasteiger partial charge in [0.2, 0.25) is 0 Å². The third-order valence-electron chi connectivity index (χ3n) is 6.56. The molecule has 32 heavy (non-hydrogen) atoms. The number of H-pyrrole nitrogens is 1. The molecule has 2 N–H and O–H groups in total. The minimum Gasteiger partial charge on any atom is -0.348 e. The van der Waals surface area contributed by atoms with Crippen molar-refractivity contribution < 1.29 is 4.79 Å². The van der Waals surface area contributed by atoms with Crippen LogP contribution in [-0.4, -0.2) is 27.1 Å². The van der Waals surface area contributed by atoms with Crippen LogP contribution in [0.15, 0.2) is 73.1 Å². The largest absolute Gasteiger partial charge is 0.348 e. The Morgan fingerprint density at radius 3 is 2.72 bits per heavy atom. The maximum atomic E-state index is 13.1. The third-order valence-corrected chi connectivity index (χ3v) is 6.56. The number of benzene rings is 2. The van der Waals surface area contributed by atoms with Gasteiger partial charge in [0.25, 0.3) is 5.91 Å². The molecule has 0 radical (unpaired) electrons. The van der Waals surface area contributed by atoms with Gasteiger partial charge in [0.05, 0.1) is 5.52 Å². The van der Waals surface area contributed by atoms with Crippen LogP contribution in [0.3, 0.4) is 0 Å². The summed E-state index contributed by atoms with van der Waals surface area (Å²) in [6.07, 6.45) is 10.3. The van der Waals surface area contributed by atoms with Crippen LogP contribution >= 0.6 is 0 Å². The molecule has 0 saturated heterocycles. The first-order valence-corrected chi connectivity index (χ1v) is 11.5. The number of hydrogen-bond acceptors (Lipinski definition) is 3. The van der Waals surface area contributed by atoms with Crippen LogP contribution in [0.5, 0.6) is 0 Å². The van der Waals surface area contributed by atoms with Gasteiger partial charge in [-0.2, -0.15) is 5.10 Å². The molecule has 0 aliphatic heterocycles. The highest BCUT2D eigenvalue weighted by Gasteiger charge is 2.23. The van der Waals surface area contributed by atoms with E-state index in [9.17, 15) is 4.79 Å². The van der Waals surface area contributed by atoms with Crippen molar-refractivity contribution >= 4 is 16.8 Å². The first kappa shape index (κ1) is 20.4. The van der Waals surface area contributed by atoms with E-state index in [1.54, 1.807) is 6.20 Å². The van der Waals surface area contributed by atoms with Gasteiger partial charge in [0, 0.05) is 29.4 Å². The zero-order valence-corrected chi connectivity index (χ0v) is 18.1. The maximum absolute atomic E-state index is 13.1. The van der Waals surface area contributed by atoms with Gasteiger partial charge in [-0.25, -0.2) is 0 Å². The fraction of sp³-hybridized carbons (Fsp3) is 0.296. The SMILES string of the molecule is O=C(NC1CCCC(Cc2ccccc2)CC1)c1n[nH]c2ccc(-c3cccnc3)cc12. The number of aromatic nitrogens is 3. The van der Waals surface area contributed by atoms with Crippen LogP contribution in [0.25, 0.3) is 22.0 Å². The molecule has 1 aliphatic carbocycles. The molecular formula is C27H28N4O. The van der Waals surface area contributed by atoms with Crippen molar-refractivity contribution in [2.45, 2.75) is 44.6 Å². The molecule has 4 aromatic rings. The van der Waals surface area contributed by atoms with Crippen LogP contribution in [0.2, 0.25) is 0 Å². The minimum atomic E-state index is -0.0916. The van der Waals surface area contributed by atoms with Gasteiger partial charge in [-0.3, -0.25) is 14.9 Å². The van der Waals surface area contributed by atoms with Crippen molar-refractivity contribution in [3.05, 3.63) is 84.3 Å². The first-order chi connectivity index (χ1) is 15.8. The molecule has 5 heteroatoms. The fourth-order valence-corrected chi connectivity index (χ4v) is 4.83. The van der Waals surface area contributed by atoms with Crippen LogP contribution < -0.4 is 5.32 Å². The summed E-state index contributed by atoms with van der Waals surface area (Å²) in [5, 5.41) is 11.5. The summed E-state index contributed by atoms with van der Waals surface area (Å²) < 4.78 is 0. The smallest absolute Gasteiger partial charge is 0.272 e. The summed E-state index contributed by atoms with van der Waals surface area (Å²) in [5.41, 5.74) is 4.80. The van der Waals surface area contributed by atoms with Gasteiger partial charge in [-0.05, 0) is 60.9 Å². The Bertz CT molecular complexity index is 1190. The average Bonchev–Trinajstić information content (AvgIpc) is 3.15. The normalized spacial score (nSPS) is 18.9. The van der Waals surface area contributed by atoms with Gasteiger partial charge in [-0.1, -0.05) is 55.3 Å². The molecule has 1 fully saturated rings. The molecule has 2 aromatic heterocycles. The maximum Gasteiger partial charge on any atom is 0.272 e. The highest BCUT2D eigenvalue weighted by molar-refractivity contribution is 6.05. The molecule has 162 valence electrons.